The molecule has 1 aliphatic rings. The normalized spacial score (nSPS) is 17.4. The summed E-state index contributed by atoms with van der Waals surface area (Å²) in [4.78, 5) is 0. The molecule has 2 aromatic rings. The molecule has 4 nitrogen and oxygen atoms in total. The number of benzene rings is 1. The number of fused-ring (bicyclic) bond motifs is 1. The van der Waals surface area contributed by atoms with Gasteiger partial charge in [0.25, 0.3) is 0 Å². The number of aromatic nitrogens is 2. The molecule has 106 valence electrons. The summed E-state index contributed by atoms with van der Waals surface area (Å²) in [6.07, 6.45) is 5.05. The van der Waals surface area contributed by atoms with E-state index in [-0.39, 0.29) is 0 Å². The van der Waals surface area contributed by atoms with Crippen molar-refractivity contribution >= 4 is 5.69 Å². The molecule has 3 rings (SSSR count). The number of anilines is 1. The third-order valence-electron chi connectivity index (χ3n) is 4.01. The van der Waals surface area contributed by atoms with Crippen molar-refractivity contribution in [3.8, 4) is 5.75 Å². The number of hydrogen-bond acceptors (Lipinski definition) is 3. The van der Waals surface area contributed by atoms with Crippen LogP contribution in [0, 0.1) is 0 Å². The fraction of sp³-hybridized carbons (Fsp3) is 0.438. The lowest BCUT2D eigenvalue weighted by molar-refractivity contribution is 0.404. The monoisotopic (exact) mass is 271 g/mol. The van der Waals surface area contributed by atoms with Gasteiger partial charge < -0.3 is 10.1 Å². The van der Waals surface area contributed by atoms with E-state index in [9.17, 15) is 0 Å². The van der Waals surface area contributed by atoms with Crippen LogP contribution in [0.5, 0.6) is 5.75 Å². The van der Waals surface area contributed by atoms with Crippen molar-refractivity contribution in [1.29, 1.82) is 0 Å². The van der Waals surface area contributed by atoms with Crippen LogP contribution in [-0.4, -0.2) is 22.9 Å². The standard InChI is InChI=1S/C16H21N3O/c1-3-19-15(16(20-2)11-17-19)10-13-9-8-12-6-4-5-7-14(12)18-13/h4-7,11,13,18H,3,8-10H2,1-2H3. The Hall–Kier alpha value is -1.97. The summed E-state index contributed by atoms with van der Waals surface area (Å²) in [6, 6.07) is 9.01. The zero-order valence-corrected chi connectivity index (χ0v) is 12.1. The molecule has 4 heteroatoms. The molecule has 1 unspecified atom stereocenters. The Kier molecular flexibility index (Phi) is 3.63. The van der Waals surface area contributed by atoms with Gasteiger partial charge in [-0.2, -0.15) is 5.10 Å². The van der Waals surface area contributed by atoms with E-state index in [1.165, 1.54) is 16.9 Å². The van der Waals surface area contributed by atoms with Gasteiger partial charge in [-0.05, 0) is 31.4 Å². The van der Waals surface area contributed by atoms with Crippen LogP contribution >= 0.6 is 0 Å². The van der Waals surface area contributed by atoms with Gasteiger partial charge >= 0.3 is 0 Å². The Morgan fingerprint density at radius 1 is 1.40 bits per heavy atom. The average molecular weight is 271 g/mol. The van der Waals surface area contributed by atoms with Crippen LogP contribution in [0.15, 0.2) is 30.5 Å². The molecule has 0 saturated carbocycles. The molecule has 1 aromatic heterocycles. The summed E-state index contributed by atoms with van der Waals surface area (Å²) >= 11 is 0. The van der Waals surface area contributed by atoms with E-state index >= 15 is 0 Å². The Balaban J connectivity index is 1.78. The van der Waals surface area contributed by atoms with Crippen molar-refractivity contribution in [3.63, 3.8) is 0 Å². The summed E-state index contributed by atoms with van der Waals surface area (Å²) < 4.78 is 7.46. The van der Waals surface area contributed by atoms with Crippen molar-refractivity contribution in [3.05, 3.63) is 41.7 Å². The second-order valence-electron chi connectivity index (χ2n) is 5.22. The topological polar surface area (TPSA) is 39.1 Å². The Bertz CT molecular complexity index is 570. The largest absolute Gasteiger partial charge is 0.493 e. The van der Waals surface area contributed by atoms with E-state index in [0.717, 1.165) is 31.6 Å². The molecule has 0 bridgehead atoms. The maximum atomic E-state index is 5.43. The molecule has 0 amide bonds. The smallest absolute Gasteiger partial charge is 0.160 e. The molecule has 1 N–H and O–H groups in total. The molecule has 20 heavy (non-hydrogen) atoms. The van der Waals surface area contributed by atoms with E-state index in [4.69, 9.17) is 4.74 Å². The van der Waals surface area contributed by atoms with Crippen molar-refractivity contribution < 1.29 is 4.74 Å². The van der Waals surface area contributed by atoms with Crippen molar-refractivity contribution in [2.45, 2.75) is 38.8 Å². The van der Waals surface area contributed by atoms with Crippen molar-refractivity contribution in [2.24, 2.45) is 0 Å². The maximum Gasteiger partial charge on any atom is 0.160 e. The van der Waals surface area contributed by atoms with Crippen LogP contribution in [0.3, 0.4) is 0 Å². The number of nitrogens with zero attached hydrogens (tertiary/aromatic N) is 2. The molecule has 1 atom stereocenters. The molecule has 0 radical (unpaired) electrons. The summed E-state index contributed by atoms with van der Waals surface area (Å²) in [7, 11) is 1.71. The minimum atomic E-state index is 0.445. The lowest BCUT2D eigenvalue weighted by Crippen LogP contribution is -2.28. The fourth-order valence-electron chi connectivity index (χ4n) is 2.93. The molecular formula is C16H21N3O. The van der Waals surface area contributed by atoms with Crippen LogP contribution in [0.25, 0.3) is 0 Å². The van der Waals surface area contributed by atoms with Crippen LogP contribution < -0.4 is 10.1 Å². The Labute approximate surface area is 119 Å². The number of hydrogen-bond donors (Lipinski definition) is 1. The summed E-state index contributed by atoms with van der Waals surface area (Å²) in [5, 5.41) is 8.02. The van der Waals surface area contributed by atoms with Gasteiger partial charge in [-0.3, -0.25) is 4.68 Å². The highest BCUT2D eigenvalue weighted by atomic mass is 16.5. The number of aryl methyl sites for hydroxylation is 2. The van der Waals surface area contributed by atoms with E-state index < -0.39 is 0 Å². The predicted octanol–water partition coefficient (Wildman–Crippen LogP) is 2.88. The first-order chi connectivity index (χ1) is 9.81. The summed E-state index contributed by atoms with van der Waals surface area (Å²) in [5.74, 6) is 0.896. The lowest BCUT2D eigenvalue weighted by atomic mass is 9.95. The van der Waals surface area contributed by atoms with Crippen LogP contribution in [0.2, 0.25) is 0 Å². The first-order valence-corrected chi connectivity index (χ1v) is 7.25. The number of ether oxygens (including phenoxy) is 1. The number of methoxy groups -OCH3 is 1. The molecule has 0 fully saturated rings. The second kappa shape index (κ2) is 5.57. The van der Waals surface area contributed by atoms with Gasteiger partial charge in [-0.25, -0.2) is 0 Å². The maximum absolute atomic E-state index is 5.43. The van der Waals surface area contributed by atoms with Gasteiger partial charge in [0.2, 0.25) is 0 Å². The quantitative estimate of drug-likeness (QED) is 0.929. The van der Waals surface area contributed by atoms with E-state index in [1.54, 1.807) is 7.11 Å². The second-order valence-corrected chi connectivity index (χ2v) is 5.22. The first-order valence-electron chi connectivity index (χ1n) is 7.25. The van der Waals surface area contributed by atoms with Crippen LogP contribution in [0.1, 0.15) is 24.6 Å². The first kappa shape index (κ1) is 13.0. The van der Waals surface area contributed by atoms with Crippen LogP contribution in [0.4, 0.5) is 5.69 Å². The number of nitrogens with one attached hydrogen (secondary N) is 1. The van der Waals surface area contributed by atoms with Gasteiger partial charge in [0, 0.05) is 24.7 Å². The molecule has 0 aliphatic carbocycles. The fourth-order valence-corrected chi connectivity index (χ4v) is 2.93. The third-order valence-corrected chi connectivity index (χ3v) is 4.01. The molecule has 0 saturated heterocycles. The number of para-hydroxylation sites is 1. The minimum absolute atomic E-state index is 0.445. The summed E-state index contributed by atoms with van der Waals surface area (Å²) in [5.41, 5.74) is 3.87. The van der Waals surface area contributed by atoms with Crippen molar-refractivity contribution in [1.82, 2.24) is 9.78 Å². The Morgan fingerprint density at radius 3 is 3.05 bits per heavy atom. The number of rotatable bonds is 4. The van der Waals surface area contributed by atoms with E-state index in [1.807, 2.05) is 10.9 Å². The zero-order valence-electron chi connectivity index (χ0n) is 12.1. The molecular weight excluding hydrogens is 250 g/mol. The highest BCUT2D eigenvalue weighted by Crippen LogP contribution is 2.28. The minimum Gasteiger partial charge on any atom is -0.493 e. The average Bonchev–Trinajstić information content (AvgIpc) is 2.89. The highest BCUT2D eigenvalue weighted by molar-refractivity contribution is 5.54. The highest BCUT2D eigenvalue weighted by Gasteiger charge is 2.21. The van der Waals surface area contributed by atoms with Gasteiger partial charge in [0.15, 0.2) is 5.75 Å². The van der Waals surface area contributed by atoms with Gasteiger partial charge in [0.1, 0.15) is 0 Å². The molecule has 1 aliphatic heterocycles. The van der Waals surface area contributed by atoms with Gasteiger partial charge in [-0.1, -0.05) is 18.2 Å². The third kappa shape index (κ3) is 2.38. The SMILES string of the molecule is CCn1ncc(OC)c1CC1CCc2ccccc2N1. The molecule has 2 heterocycles. The predicted molar refractivity (Wildman–Crippen MR) is 80.3 cm³/mol. The zero-order chi connectivity index (χ0) is 13.9. The molecule has 1 aromatic carbocycles. The van der Waals surface area contributed by atoms with E-state index in [2.05, 4.69) is 41.6 Å². The van der Waals surface area contributed by atoms with Crippen LogP contribution in [-0.2, 0) is 19.4 Å². The Morgan fingerprint density at radius 2 is 2.25 bits per heavy atom. The molecule has 0 spiro atoms. The summed E-state index contributed by atoms with van der Waals surface area (Å²) in [6.45, 7) is 2.99. The lowest BCUT2D eigenvalue weighted by Gasteiger charge is -2.27. The van der Waals surface area contributed by atoms with E-state index in [0.29, 0.717) is 6.04 Å². The van der Waals surface area contributed by atoms with Gasteiger partial charge in [0.05, 0.1) is 19.0 Å². The van der Waals surface area contributed by atoms with Gasteiger partial charge in [-0.15, -0.1) is 0 Å². The van der Waals surface area contributed by atoms with Crippen molar-refractivity contribution in [2.75, 3.05) is 12.4 Å².